The van der Waals surface area contributed by atoms with Gasteiger partial charge in [-0.05, 0) is 37.6 Å². The van der Waals surface area contributed by atoms with E-state index in [9.17, 15) is 13.2 Å². The van der Waals surface area contributed by atoms with Crippen molar-refractivity contribution in [3.8, 4) is 6.07 Å². The molecule has 0 unspecified atom stereocenters. The third-order valence-electron chi connectivity index (χ3n) is 3.39. The molecule has 0 aliphatic carbocycles. The quantitative estimate of drug-likeness (QED) is 0.643. The Labute approximate surface area is 148 Å². The lowest BCUT2D eigenvalue weighted by Crippen LogP contribution is -2.34. The number of carbonyl (C=O) groups is 1. The predicted octanol–water partition coefficient (Wildman–Crippen LogP) is 1.83. The maximum atomic E-state index is 11.6. The molecule has 0 atom stereocenters. The number of aryl methyl sites for hydroxylation is 1. The van der Waals surface area contributed by atoms with Crippen LogP contribution in [-0.2, 0) is 14.8 Å². The topological polar surface area (TPSA) is 112 Å². The molecule has 0 aliphatic rings. The molecule has 0 fully saturated rings. The normalized spacial score (nSPS) is 10.8. The molecule has 0 heterocycles. The van der Waals surface area contributed by atoms with E-state index < -0.39 is 16.1 Å². The van der Waals surface area contributed by atoms with Gasteiger partial charge in [0.1, 0.15) is 6.61 Å². The Kier molecular flexibility index (Phi) is 8.18. The van der Waals surface area contributed by atoms with E-state index in [1.54, 1.807) is 6.07 Å². The van der Waals surface area contributed by atoms with Crippen molar-refractivity contribution in [1.82, 2.24) is 4.72 Å². The number of benzene rings is 1. The summed E-state index contributed by atoms with van der Waals surface area (Å²) in [7, 11) is -3.21. The van der Waals surface area contributed by atoms with Crippen LogP contribution in [0.4, 0.5) is 16.2 Å². The number of hydrogen-bond donors (Lipinski definition) is 2. The van der Waals surface area contributed by atoms with E-state index in [0.717, 1.165) is 17.5 Å². The van der Waals surface area contributed by atoms with Gasteiger partial charge < -0.3 is 9.64 Å². The second-order valence-electron chi connectivity index (χ2n) is 5.41. The van der Waals surface area contributed by atoms with Crippen LogP contribution in [0.5, 0.6) is 0 Å². The molecule has 0 radical (unpaired) electrons. The molecule has 8 nitrogen and oxygen atoms in total. The lowest BCUT2D eigenvalue weighted by atomic mass is 10.1. The van der Waals surface area contributed by atoms with Gasteiger partial charge in [-0.3, -0.25) is 5.32 Å². The summed E-state index contributed by atoms with van der Waals surface area (Å²) < 4.78 is 29.6. The van der Waals surface area contributed by atoms with Gasteiger partial charge >= 0.3 is 6.09 Å². The number of nitrogens with zero attached hydrogens (tertiary/aromatic N) is 2. The third-order valence-corrected chi connectivity index (χ3v) is 4.12. The highest BCUT2D eigenvalue weighted by molar-refractivity contribution is 7.88. The summed E-state index contributed by atoms with van der Waals surface area (Å²) in [6.07, 6.45) is 0.679. The van der Waals surface area contributed by atoms with Gasteiger partial charge in [-0.1, -0.05) is 0 Å². The molecule has 0 bridgehead atoms. The van der Waals surface area contributed by atoms with Crippen molar-refractivity contribution in [3.63, 3.8) is 0 Å². The van der Waals surface area contributed by atoms with Gasteiger partial charge in [0.05, 0.1) is 18.7 Å². The van der Waals surface area contributed by atoms with Crippen molar-refractivity contribution in [3.05, 3.63) is 23.8 Å². The fraction of sp³-hybridized carbons (Fsp3) is 0.500. The van der Waals surface area contributed by atoms with Crippen LogP contribution in [0.3, 0.4) is 0 Å². The third kappa shape index (κ3) is 7.87. The maximum Gasteiger partial charge on any atom is 0.411 e. The standard InChI is InChI=1S/C16H24N4O4S/c1-4-20(10-9-18-25(3,22)23)14-6-7-15(13(2)12-14)19-16(21)24-11-5-8-17/h6-7,12,18H,4-5,9-11H2,1-3H3,(H,19,21). The first-order chi connectivity index (χ1) is 11.8. The highest BCUT2D eigenvalue weighted by atomic mass is 32.2. The van der Waals surface area contributed by atoms with E-state index in [0.29, 0.717) is 25.3 Å². The molecule has 1 rings (SSSR count). The van der Waals surface area contributed by atoms with Crippen molar-refractivity contribution in [1.29, 1.82) is 5.26 Å². The molecule has 0 saturated heterocycles. The monoisotopic (exact) mass is 368 g/mol. The number of rotatable bonds is 9. The predicted molar refractivity (Wildman–Crippen MR) is 97.1 cm³/mol. The van der Waals surface area contributed by atoms with Gasteiger partial charge in [-0.25, -0.2) is 17.9 Å². The molecule has 0 spiro atoms. The first kappa shape index (κ1) is 20.7. The number of nitrogens with one attached hydrogen (secondary N) is 2. The highest BCUT2D eigenvalue weighted by Crippen LogP contribution is 2.22. The Morgan fingerprint density at radius 2 is 2.12 bits per heavy atom. The van der Waals surface area contributed by atoms with Gasteiger partial charge in [0.2, 0.25) is 10.0 Å². The average Bonchev–Trinajstić information content (AvgIpc) is 2.53. The fourth-order valence-corrected chi connectivity index (χ4v) is 2.62. The molecule has 1 aromatic rings. The fourth-order valence-electron chi connectivity index (χ4n) is 2.16. The number of anilines is 2. The molecule has 0 aliphatic heterocycles. The molecule has 25 heavy (non-hydrogen) atoms. The second-order valence-corrected chi connectivity index (χ2v) is 7.25. The lowest BCUT2D eigenvalue weighted by Gasteiger charge is -2.24. The Hall–Kier alpha value is -2.31. The minimum atomic E-state index is -3.21. The number of carbonyl (C=O) groups excluding carboxylic acids is 1. The summed E-state index contributed by atoms with van der Waals surface area (Å²) in [4.78, 5) is 13.7. The molecule has 1 amide bonds. The van der Waals surface area contributed by atoms with Crippen LogP contribution in [0, 0.1) is 18.3 Å². The number of amides is 1. The SMILES string of the molecule is CCN(CCNS(C)(=O)=O)c1ccc(NC(=O)OCCC#N)c(C)c1. The molecular formula is C16H24N4O4S. The van der Waals surface area contributed by atoms with Gasteiger partial charge in [0, 0.05) is 31.0 Å². The van der Waals surface area contributed by atoms with Crippen LogP contribution in [0.25, 0.3) is 0 Å². The first-order valence-electron chi connectivity index (χ1n) is 7.87. The van der Waals surface area contributed by atoms with Crippen LogP contribution >= 0.6 is 0 Å². The number of likely N-dealkylation sites (N-methyl/N-ethyl adjacent to an activating group) is 1. The van der Waals surface area contributed by atoms with E-state index in [1.807, 2.05) is 36.9 Å². The highest BCUT2D eigenvalue weighted by Gasteiger charge is 2.10. The van der Waals surface area contributed by atoms with Gasteiger partial charge in [0.25, 0.3) is 0 Å². The largest absolute Gasteiger partial charge is 0.448 e. The molecular weight excluding hydrogens is 344 g/mol. The van der Waals surface area contributed by atoms with Crippen molar-refractivity contribution < 1.29 is 17.9 Å². The smallest absolute Gasteiger partial charge is 0.411 e. The zero-order valence-electron chi connectivity index (χ0n) is 14.7. The zero-order valence-corrected chi connectivity index (χ0v) is 15.5. The summed E-state index contributed by atoms with van der Waals surface area (Å²) in [5.74, 6) is 0. The Bertz CT molecular complexity index is 728. The van der Waals surface area contributed by atoms with E-state index in [1.165, 1.54) is 0 Å². The minimum Gasteiger partial charge on any atom is -0.448 e. The van der Waals surface area contributed by atoms with Crippen molar-refractivity contribution >= 4 is 27.5 Å². The summed E-state index contributed by atoms with van der Waals surface area (Å²) in [6, 6.07) is 7.42. The molecule has 9 heteroatoms. The van der Waals surface area contributed by atoms with Crippen molar-refractivity contribution in [2.45, 2.75) is 20.3 Å². The van der Waals surface area contributed by atoms with Crippen LogP contribution in [-0.4, -0.2) is 47.0 Å². The zero-order chi connectivity index (χ0) is 18.9. The first-order valence-corrected chi connectivity index (χ1v) is 9.77. The number of sulfonamides is 1. The summed E-state index contributed by atoms with van der Waals surface area (Å²) in [5.41, 5.74) is 2.40. The van der Waals surface area contributed by atoms with Crippen molar-refractivity contribution in [2.75, 3.05) is 42.7 Å². The molecule has 2 N–H and O–H groups in total. The van der Waals surface area contributed by atoms with Crippen LogP contribution < -0.4 is 14.9 Å². The van der Waals surface area contributed by atoms with E-state index in [-0.39, 0.29) is 13.0 Å². The van der Waals surface area contributed by atoms with Gasteiger partial charge in [0.15, 0.2) is 0 Å². The molecule has 0 aromatic heterocycles. The van der Waals surface area contributed by atoms with E-state index in [4.69, 9.17) is 10.00 Å². The lowest BCUT2D eigenvalue weighted by molar-refractivity contribution is 0.164. The van der Waals surface area contributed by atoms with Gasteiger partial charge in [-0.15, -0.1) is 0 Å². The van der Waals surface area contributed by atoms with Crippen LogP contribution in [0.15, 0.2) is 18.2 Å². The maximum absolute atomic E-state index is 11.6. The van der Waals surface area contributed by atoms with E-state index >= 15 is 0 Å². The average molecular weight is 368 g/mol. The molecule has 138 valence electrons. The number of hydrogen-bond acceptors (Lipinski definition) is 6. The van der Waals surface area contributed by atoms with Crippen LogP contribution in [0.2, 0.25) is 0 Å². The molecule has 1 aromatic carbocycles. The number of nitriles is 1. The van der Waals surface area contributed by atoms with Crippen molar-refractivity contribution in [2.24, 2.45) is 0 Å². The molecule has 0 saturated carbocycles. The second kappa shape index (κ2) is 9.86. The summed E-state index contributed by atoms with van der Waals surface area (Å²) in [5, 5.41) is 11.1. The van der Waals surface area contributed by atoms with Gasteiger partial charge in [-0.2, -0.15) is 5.26 Å². The van der Waals surface area contributed by atoms with E-state index in [2.05, 4.69) is 10.0 Å². The van der Waals surface area contributed by atoms with Crippen LogP contribution in [0.1, 0.15) is 18.9 Å². The Morgan fingerprint density at radius 3 is 2.68 bits per heavy atom. The summed E-state index contributed by atoms with van der Waals surface area (Å²) in [6.45, 7) is 5.46. The number of ether oxygens (including phenoxy) is 1. The Morgan fingerprint density at radius 1 is 1.40 bits per heavy atom. The minimum absolute atomic E-state index is 0.0520. The summed E-state index contributed by atoms with van der Waals surface area (Å²) >= 11 is 0. The Balaban J connectivity index is 2.69.